The quantitative estimate of drug-likeness (QED) is 0.936. The molecule has 24 heavy (non-hydrogen) atoms. The minimum Gasteiger partial charge on any atom is -0.454 e. The van der Waals surface area contributed by atoms with Crippen molar-refractivity contribution in [1.82, 2.24) is 15.2 Å². The highest BCUT2D eigenvalue weighted by Gasteiger charge is 2.21. The molecule has 3 rings (SSSR count). The number of nitrogens with one attached hydrogen (secondary N) is 1. The van der Waals surface area contributed by atoms with Crippen molar-refractivity contribution < 1.29 is 14.3 Å². The second-order valence-electron chi connectivity index (χ2n) is 5.83. The van der Waals surface area contributed by atoms with Crippen LogP contribution in [0.3, 0.4) is 0 Å². The van der Waals surface area contributed by atoms with E-state index in [1.807, 2.05) is 50.2 Å². The maximum Gasteiger partial charge on any atom is 0.318 e. The summed E-state index contributed by atoms with van der Waals surface area (Å²) < 4.78 is 10.7. The van der Waals surface area contributed by atoms with Crippen LogP contribution in [-0.4, -0.2) is 29.8 Å². The Morgan fingerprint density at radius 3 is 2.75 bits per heavy atom. The van der Waals surface area contributed by atoms with Gasteiger partial charge < -0.3 is 19.7 Å². The SMILES string of the molecule is CC(NC(=O)N(C)C(C)c1ccccn1)c1ccc2c(c1)OCO2. The van der Waals surface area contributed by atoms with Gasteiger partial charge in [-0.05, 0) is 43.7 Å². The fourth-order valence-electron chi connectivity index (χ4n) is 2.55. The molecule has 1 N–H and O–H groups in total. The van der Waals surface area contributed by atoms with Crippen molar-refractivity contribution in [2.75, 3.05) is 13.8 Å². The Bertz CT molecular complexity index is 721. The highest BCUT2D eigenvalue weighted by Crippen LogP contribution is 2.34. The van der Waals surface area contributed by atoms with Gasteiger partial charge in [-0.25, -0.2) is 4.79 Å². The van der Waals surface area contributed by atoms with Crippen LogP contribution in [-0.2, 0) is 0 Å². The zero-order chi connectivity index (χ0) is 17.1. The third kappa shape index (κ3) is 3.27. The van der Waals surface area contributed by atoms with Gasteiger partial charge in [0, 0.05) is 13.2 Å². The number of aromatic nitrogens is 1. The number of carbonyl (C=O) groups is 1. The highest BCUT2D eigenvalue weighted by atomic mass is 16.7. The molecule has 0 saturated carbocycles. The zero-order valence-corrected chi connectivity index (χ0v) is 14.0. The predicted octanol–water partition coefficient (Wildman–Crippen LogP) is 3.27. The average molecular weight is 327 g/mol. The van der Waals surface area contributed by atoms with Crippen molar-refractivity contribution in [3.05, 3.63) is 53.9 Å². The molecule has 0 fully saturated rings. The van der Waals surface area contributed by atoms with Gasteiger partial charge in [0.1, 0.15) is 0 Å². The van der Waals surface area contributed by atoms with Gasteiger partial charge in [-0.2, -0.15) is 0 Å². The molecular weight excluding hydrogens is 306 g/mol. The van der Waals surface area contributed by atoms with E-state index in [0.717, 1.165) is 17.0 Å². The maximum atomic E-state index is 12.5. The summed E-state index contributed by atoms with van der Waals surface area (Å²) in [5.74, 6) is 1.45. The molecule has 2 aromatic rings. The first kappa shape index (κ1) is 16.1. The van der Waals surface area contributed by atoms with Crippen molar-refractivity contribution in [2.24, 2.45) is 0 Å². The lowest BCUT2D eigenvalue weighted by Gasteiger charge is -2.26. The molecule has 0 radical (unpaired) electrons. The summed E-state index contributed by atoms with van der Waals surface area (Å²) in [4.78, 5) is 18.5. The largest absolute Gasteiger partial charge is 0.454 e. The minimum atomic E-state index is -0.154. The number of hydrogen-bond acceptors (Lipinski definition) is 4. The van der Waals surface area contributed by atoms with Crippen LogP contribution in [0.25, 0.3) is 0 Å². The molecule has 0 saturated heterocycles. The summed E-state index contributed by atoms with van der Waals surface area (Å²) in [5, 5.41) is 3.00. The lowest BCUT2D eigenvalue weighted by Crippen LogP contribution is -2.40. The van der Waals surface area contributed by atoms with E-state index in [9.17, 15) is 4.79 Å². The van der Waals surface area contributed by atoms with Gasteiger partial charge in [0.25, 0.3) is 0 Å². The van der Waals surface area contributed by atoms with Crippen LogP contribution in [0.2, 0.25) is 0 Å². The molecule has 2 heterocycles. The standard InChI is InChI=1S/C18H21N3O3/c1-12(14-7-8-16-17(10-14)24-11-23-16)20-18(22)21(3)13(2)15-6-4-5-9-19-15/h4-10,12-13H,11H2,1-3H3,(H,20,22). The number of pyridine rings is 1. The van der Waals surface area contributed by atoms with Crippen molar-refractivity contribution in [2.45, 2.75) is 25.9 Å². The molecule has 2 atom stereocenters. The Balaban J connectivity index is 1.65. The Kier molecular flexibility index (Phi) is 4.55. The number of hydrogen-bond donors (Lipinski definition) is 1. The van der Waals surface area contributed by atoms with Gasteiger partial charge in [0.05, 0.1) is 17.8 Å². The first-order valence-electron chi connectivity index (χ1n) is 7.90. The van der Waals surface area contributed by atoms with Gasteiger partial charge in [-0.15, -0.1) is 0 Å². The van der Waals surface area contributed by atoms with Crippen LogP contribution in [0.5, 0.6) is 11.5 Å². The number of rotatable bonds is 4. The van der Waals surface area contributed by atoms with Crippen LogP contribution in [0.1, 0.15) is 37.2 Å². The van der Waals surface area contributed by atoms with Gasteiger partial charge in [-0.1, -0.05) is 12.1 Å². The van der Waals surface area contributed by atoms with E-state index in [1.54, 1.807) is 18.1 Å². The predicted molar refractivity (Wildman–Crippen MR) is 89.9 cm³/mol. The minimum absolute atomic E-state index is 0.116. The maximum absolute atomic E-state index is 12.5. The van der Waals surface area contributed by atoms with Crippen LogP contribution in [0.15, 0.2) is 42.6 Å². The average Bonchev–Trinajstić information content (AvgIpc) is 3.08. The molecule has 6 nitrogen and oxygen atoms in total. The first-order chi connectivity index (χ1) is 11.6. The fraction of sp³-hybridized carbons (Fsp3) is 0.333. The number of nitrogens with zero attached hydrogens (tertiary/aromatic N) is 2. The van der Waals surface area contributed by atoms with Gasteiger partial charge in [-0.3, -0.25) is 4.98 Å². The molecule has 1 aromatic carbocycles. The van der Waals surface area contributed by atoms with E-state index in [4.69, 9.17) is 9.47 Å². The number of urea groups is 1. The number of ether oxygens (including phenoxy) is 2. The van der Waals surface area contributed by atoms with E-state index < -0.39 is 0 Å². The normalized spacial score (nSPS) is 14.8. The molecule has 1 aliphatic heterocycles. The summed E-state index contributed by atoms with van der Waals surface area (Å²) in [5.41, 5.74) is 1.82. The number of carbonyl (C=O) groups excluding carboxylic acids is 1. The molecule has 1 aromatic heterocycles. The van der Waals surface area contributed by atoms with Crippen molar-refractivity contribution in [1.29, 1.82) is 0 Å². The summed E-state index contributed by atoms with van der Waals surface area (Å²) in [6.45, 7) is 4.13. The lowest BCUT2D eigenvalue weighted by atomic mass is 10.1. The van der Waals surface area contributed by atoms with Crippen molar-refractivity contribution in [3.63, 3.8) is 0 Å². The van der Waals surface area contributed by atoms with E-state index in [1.165, 1.54) is 0 Å². The number of benzene rings is 1. The summed E-state index contributed by atoms with van der Waals surface area (Å²) in [6, 6.07) is 11.0. The van der Waals surface area contributed by atoms with Gasteiger partial charge in [0.15, 0.2) is 11.5 Å². The van der Waals surface area contributed by atoms with Gasteiger partial charge >= 0.3 is 6.03 Å². The van der Waals surface area contributed by atoms with E-state index in [0.29, 0.717) is 5.75 Å². The molecule has 126 valence electrons. The topological polar surface area (TPSA) is 63.7 Å². The van der Waals surface area contributed by atoms with Gasteiger partial charge in [0.2, 0.25) is 6.79 Å². The number of amides is 2. The van der Waals surface area contributed by atoms with E-state index in [2.05, 4.69) is 10.3 Å². The highest BCUT2D eigenvalue weighted by molar-refractivity contribution is 5.75. The van der Waals surface area contributed by atoms with Crippen LogP contribution < -0.4 is 14.8 Å². The molecule has 2 amide bonds. The van der Waals surface area contributed by atoms with Crippen molar-refractivity contribution >= 4 is 6.03 Å². The van der Waals surface area contributed by atoms with Crippen molar-refractivity contribution in [3.8, 4) is 11.5 Å². The van der Waals surface area contributed by atoms with Crippen LogP contribution in [0.4, 0.5) is 4.79 Å². The molecule has 1 aliphatic rings. The third-order valence-electron chi connectivity index (χ3n) is 4.25. The zero-order valence-electron chi connectivity index (χ0n) is 14.0. The molecule has 0 spiro atoms. The molecular formula is C18H21N3O3. The monoisotopic (exact) mass is 327 g/mol. The molecule has 0 bridgehead atoms. The second kappa shape index (κ2) is 6.78. The third-order valence-corrected chi connectivity index (χ3v) is 4.25. The van der Waals surface area contributed by atoms with E-state index in [-0.39, 0.29) is 24.9 Å². The Morgan fingerprint density at radius 1 is 1.21 bits per heavy atom. The van der Waals surface area contributed by atoms with Crippen LogP contribution in [0, 0.1) is 0 Å². The summed E-state index contributed by atoms with van der Waals surface area (Å²) >= 11 is 0. The Hall–Kier alpha value is -2.76. The molecule has 2 unspecified atom stereocenters. The Morgan fingerprint density at radius 2 is 2.00 bits per heavy atom. The summed E-state index contributed by atoms with van der Waals surface area (Å²) in [7, 11) is 1.76. The molecule has 0 aliphatic carbocycles. The fourth-order valence-corrected chi connectivity index (χ4v) is 2.55. The van der Waals surface area contributed by atoms with Crippen LogP contribution >= 0.6 is 0 Å². The molecule has 6 heteroatoms. The lowest BCUT2D eigenvalue weighted by molar-refractivity contribution is 0.174. The summed E-state index contributed by atoms with van der Waals surface area (Å²) in [6.07, 6.45) is 1.73. The Labute approximate surface area is 141 Å². The smallest absolute Gasteiger partial charge is 0.318 e. The van der Waals surface area contributed by atoms with E-state index >= 15 is 0 Å². The second-order valence-corrected chi connectivity index (χ2v) is 5.83. The first-order valence-corrected chi connectivity index (χ1v) is 7.90. The number of fused-ring (bicyclic) bond motifs is 1.